The fourth-order valence-electron chi connectivity index (χ4n) is 2.53. The molecule has 2 aromatic carbocycles. The van der Waals surface area contributed by atoms with Gasteiger partial charge in [-0.25, -0.2) is 0 Å². The van der Waals surface area contributed by atoms with Crippen LogP contribution in [0.15, 0.2) is 54.6 Å². The van der Waals surface area contributed by atoms with Crippen LogP contribution in [0.2, 0.25) is 5.02 Å². The highest BCUT2D eigenvalue weighted by Gasteiger charge is 2.10. The summed E-state index contributed by atoms with van der Waals surface area (Å²) < 4.78 is 7.06. The topological polar surface area (TPSA) is 73.2 Å². The van der Waals surface area contributed by atoms with Crippen LogP contribution in [0.4, 0.5) is 5.82 Å². The molecule has 0 aliphatic carbocycles. The van der Waals surface area contributed by atoms with Gasteiger partial charge in [0.1, 0.15) is 11.6 Å². The molecule has 3 aromatic rings. The molecule has 0 saturated carbocycles. The van der Waals surface area contributed by atoms with E-state index in [1.54, 1.807) is 66.3 Å². The highest BCUT2D eigenvalue weighted by Crippen LogP contribution is 2.17. The van der Waals surface area contributed by atoms with E-state index in [9.17, 15) is 9.59 Å². The van der Waals surface area contributed by atoms with Crippen molar-refractivity contribution >= 4 is 29.1 Å². The molecule has 0 unspecified atom stereocenters. The largest absolute Gasteiger partial charge is 0.484 e. The second kappa shape index (κ2) is 8.05. The zero-order chi connectivity index (χ0) is 19.4. The fourth-order valence-corrected chi connectivity index (χ4v) is 2.65. The molecule has 1 aromatic heterocycles. The van der Waals surface area contributed by atoms with E-state index < -0.39 is 0 Å². The molecule has 1 amide bonds. The molecule has 0 radical (unpaired) electrons. The summed E-state index contributed by atoms with van der Waals surface area (Å²) >= 11 is 5.84. The summed E-state index contributed by atoms with van der Waals surface area (Å²) in [6, 6.07) is 15.1. The minimum atomic E-state index is -0.292. The highest BCUT2D eigenvalue weighted by atomic mass is 35.5. The molecular formula is C20H18ClN3O3. The molecule has 0 aliphatic rings. The number of amides is 1. The Kier molecular flexibility index (Phi) is 5.57. The summed E-state index contributed by atoms with van der Waals surface area (Å²) in [6.45, 7) is 1.70. The van der Waals surface area contributed by atoms with Gasteiger partial charge in [0.25, 0.3) is 5.91 Å². The molecular weight excluding hydrogens is 366 g/mol. The Morgan fingerprint density at radius 1 is 1.07 bits per heavy atom. The standard InChI is InChI=1S/C20H18ClN3O3/c1-13-11-18(24(2)23-13)22-19(25)12-27-17-9-5-15(6-10-17)20(26)14-3-7-16(21)8-4-14/h3-11H,12H2,1-2H3,(H,22,25). The van der Waals surface area contributed by atoms with Crippen LogP contribution in [-0.4, -0.2) is 28.1 Å². The van der Waals surface area contributed by atoms with Crippen LogP contribution in [0.5, 0.6) is 5.75 Å². The first kappa shape index (κ1) is 18.7. The fraction of sp³-hybridized carbons (Fsp3) is 0.150. The average molecular weight is 384 g/mol. The third kappa shape index (κ3) is 4.74. The molecule has 0 aliphatic heterocycles. The van der Waals surface area contributed by atoms with E-state index in [1.165, 1.54) is 0 Å². The third-order valence-electron chi connectivity index (χ3n) is 3.86. The predicted octanol–water partition coefficient (Wildman–Crippen LogP) is 3.63. The SMILES string of the molecule is Cc1cc(NC(=O)COc2ccc(C(=O)c3ccc(Cl)cc3)cc2)n(C)n1. The quantitative estimate of drug-likeness (QED) is 0.660. The number of nitrogens with one attached hydrogen (secondary N) is 1. The number of ketones is 1. The van der Waals surface area contributed by atoms with Crippen LogP contribution in [0.1, 0.15) is 21.6 Å². The van der Waals surface area contributed by atoms with Crippen molar-refractivity contribution < 1.29 is 14.3 Å². The first-order chi connectivity index (χ1) is 12.9. The molecule has 7 heteroatoms. The Bertz CT molecular complexity index is 963. The van der Waals surface area contributed by atoms with Crippen LogP contribution in [-0.2, 0) is 11.8 Å². The van der Waals surface area contributed by atoms with Gasteiger partial charge in [-0.2, -0.15) is 5.10 Å². The van der Waals surface area contributed by atoms with Gasteiger partial charge in [-0.05, 0) is 55.5 Å². The molecule has 1 N–H and O–H groups in total. The van der Waals surface area contributed by atoms with E-state index >= 15 is 0 Å². The molecule has 0 spiro atoms. The monoisotopic (exact) mass is 383 g/mol. The van der Waals surface area contributed by atoms with Crippen LogP contribution in [0.25, 0.3) is 0 Å². The van der Waals surface area contributed by atoms with E-state index in [2.05, 4.69) is 10.4 Å². The summed E-state index contributed by atoms with van der Waals surface area (Å²) in [5.74, 6) is 0.700. The van der Waals surface area contributed by atoms with Crippen molar-refractivity contribution in [1.82, 2.24) is 9.78 Å². The molecule has 1 heterocycles. The summed E-state index contributed by atoms with van der Waals surface area (Å²) in [6.07, 6.45) is 0. The molecule has 0 fully saturated rings. The van der Waals surface area contributed by atoms with Crippen molar-refractivity contribution in [2.45, 2.75) is 6.92 Å². The van der Waals surface area contributed by atoms with E-state index in [4.69, 9.17) is 16.3 Å². The van der Waals surface area contributed by atoms with E-state index in [-0.39, 0.29) is 18.3 Å². The molecule has 3 rings (SSSR count). The summed E-state index contributed by atoms with van der Waals surface area (Å²) in [4.78, 5) is 24.4. The molecule has 138 valence electrons. The number of hydrogen-bond acceptors (Lipinski definition) is 4. The number of nitrogens with zero attached hydrogens (tertiary/aromatic N) is 2. The Morgan fingerprint density at radius 3 is 2.22 bits per heavy atom. The number of carbonyl (C=O) groups is 2. The first-order valence-electron chi connectivity index (χ1n) is 8.26. The highest BCUT2D eigenvalue weighted by molar-refractivity contribution is 6.30. The van der Waals surface area contributed by atoms with Crippen molar-refractivity contribution in [3.63, 3.8) is 0 Å². The molecule has 6 nitrogen and oxygen atoms in total. The average Bonchev–Trinajstić information content (AvgIpc) is 2.97. The molecule has 0 saturated heterocycles. The smallest absolute Gasteiger partial charge is 0.263 e. The van der Waals surface area contributed by atoms with Crippen molar-refractivity contribution in [3.05, 3.63) is 76.4 Å². The van der Waals surface area contributed by atoms with E-state index in [1.807, 2.05) is 6.92 Å². The molecule has 0 atom stereocenters. The van der Waals surface area contributed by atoms with Crippen molar-refractivity contribution in [2.75, 3.05) is 11.9 Å². The Labute approximate surface area is 161 Å². The zero-order valence-electron chi connectivity index (χ0n) is 14.9. The van der Waals surface area contributed by atoms with Gasteiger partial charge in [0.05, 0.1) is 5.69 Å². The van der Waals surface area contributed by atoms with Gasteiger partial charge in [0.2, 0.25) is 0 Å². The van der Waals surface area contributed by atoms with Gasteiger partial charge < -0.3 is 10.1 Å². The normalized spacial score (nSPS) is 10.5. The van der Waals surface area contributed by atoms with Crippen molar-refractivity contribution in [3.8, 4) is 5.75 Å². The minimum Gasteiger partial charge on any atom is -0.484 e. The second-order valence-corrected chi connectivity index (χ2v) is 6.43. The summed E-state index contributed by atoms with van der Waals surface area (Å²) in [5.41, 5.74) is 1.90. The van der Waals surface area contributed by atoms with Crippen LogP contribution < -0.4 is 10.1 Å². The lowest BCUT2D eigenvalue weighted by molar-refractivity contribution is -0.118. The molecule has 0 bridgehead atoms. The van der Waals surface area contributed by atoms with Gasteiger partial charge in [-0.1, -0.05) is 11.6 Å². The molecule has 27 heavy (non-hydrogen) atoms. The lowest BCUT2D eigenvalue weighted by atomic mass is 10.0. The van der Waals surface area contributed by atoms with Gasteiger partial charge >= 0.3 is 0 Å². The second-order valence-electron chi connectivity index (χ2n) is 5.99. The van der Waals surface area contributed by atoms with Gasteiger partial charge in [-0.15, -0.1) is 0 Å². The Hall–Kier alpha value is -3.12. The zero-order valence-corrected chi connectivity index (χ0v) is 15.7. The Morgan fingerprint density at radius 2 is 1.67 bits per heavy atom. The number of anilines is 1. The number of benzene rings is 2. The van der Waals surface area contributed by atoms with Crippen LogP contribution >= 0.6 is 11.6 Å². The third-order valence-corrected chi connectivity index (χ3v) is 4.11. The van der Waals surface area contributed by atoms with Crippen molar-refractivity contribution in [2.24, 2.45) is 7.05 Å². The van der Waals surface area contributed by atoms with Gasteiger partial charge in [0, 0.05) is 29.3 Å². The maximum atomic E-state index is 12.4. The maximum absolute atomic E-state index is 12.4. The first-order valence-corrected chi connectivity index (χ1v) is 8.64. The minimum absolute atomic E-state index is 0.109. The number of ether oxygens (including phenoxy) is 1. The van der Waals surface area contributed by atoms with Gasteiger partial charge in [0.15, 0.2) is 12.4 Å². The van der Waals surface area contributed by atoms with Crippen LogP contribution in [0, 0.1) is 6.92 Å². The van der Waals surface area contributed by atoms with E-state index in [0.29, 0.717) is 27.7 Å². The number of halogens is 1. The predicted molar refractivity (Wildman–Crippen MR) is 103 cm³/mol. The lowest BCUT2D eigenvalue weighted by Crippen LogP contribution is -2.21. The lowest BCUT2D eigenvalue weighted by Gasteiger charge is -2.08. The van der Waals surface area contributed by atoms with E-state index in [0.717, 1.165) is 5.69 Å². The number of carbonyl (C=O) groups excluding carboxylic acids is 2. The Balaban J connectivity index is 1.57. The summed E-state index contributed by atoms with van der Waals surface area (Å²) in [7, 11) is 1.75. The van der Waals surface area contributed by atoms with Crippen molar-refractivity contribution in [1.29, 1.82) is 0 Å². The number of aromatic nitrogens is 2. The summed E-state index contributed by atoms with van der Waals surface area (Å²) in [5, 5.41) is 7.47. The number of rotatable bonds is 6. The number of hydrogen-bond donors (Lipinski definition) is 1. The van der Waals surface area contributed by atoms with Gasteiger partial charge in [-0.3, -0.25) is 14.3 Å². The maximum Gasteiger partial charge on any atom is 0.263 e. The van der Waals surface area contributed by atoms with Crippen LogP contribution in [0.3, 0.4) is 0 Å². The number of aryl methyl sites for hydroxylation is 2.